The van der Waals surface area contributed by atoms with Crippen molar-refractivity contribution >= 4 is 22.4 Å². The van der Waals surface area contributed by atoms with E-state index in [2.05, 4.69) is 47.9 Å². The zero-order chi connectivity index (χ0) is 33.3. The summed E-state index contributed by atoms with van der Waals surface area (Å²) in [5.41, 5.74) is 13.1. The lowest BCUT2D eigenvalue weighted by Crippen LogP contribution is -2.30. The SMILES string of the molecule is C#C.CC.CN.COc1cc(C(=O)NCC(c2cc3c(c(C4=CCCC(F)=C4C)n2)CCC3C)C2CC2)cc2cc(C)cnc12. The summed E-state index contributed by atoms with van der Waals surface area (Å²) in [6.45, 7) is 10.7. The molecule has 3 aliphatic carbocycles. The number of benzene rings is 1. The van der Waals surface area contributed by atoms with Crippen molar-refractivity contribution in [3.63, 3.8) is 0 Å². The van der Waals surface area contributed by atoms with Gasteiger partial charge in [-0.05, 0) is 111 Å². The minimum atomic E-state index is -0.132. The molecule has 1 amide bonds. The number of aryl methyl sites for hydroxylation is 1. The number of terminal acetylenes is 1. The zero-order valence-corrected chi connectivity index (χ0v) is 28.0. The molecular formula is C38H49FN4O2. The van der Waals surface area contributed by atoms with E-state index in [0.717, 1.165) is 64.7 Å². The molecule has 1 aromatic carbocycles. The van der Waals surface area contributed by atoms with Crippen LogP contribution in [0.3, 0.4) is 0 Å². The summed E-state index contributed by atoms with van der Waals surface area (Å²) in [5, 5.41) is 4.09. The van der Waals surface area contributed by atoms with E-state index < -0.39 is 0 Å². The summed E-state index contributed by atoms with van der Waals surface area (Å²) in [5.74, 6) is 1.50. The van der Waals surface area contributed by atoms with E-state index in [9.17, 15) is 9.18 Å². The standard InChI is InChI=1S/C33H36FN3O2.C2H6.C2H2.CH5N/c1-18-12-22-13-23(14-30(39-4)31(22)35-16-18)33(38)36-17-27(21-9-10-21)29-15-26-19(2)8-11-25(26)32(37-29)24-6-5-7-28(34)20(24)3;3*1-2/h6,12-16,19,21,27H,5,7-11,17H2,1-4H3,(H,36,38);1-2H3;1-2H;2H2,1H3. The number of carbonyl (C=O) groups excluding carboxylic acids is 1. The van der Waals surface area contributed by atoms with Crippen molar-refractivity contribution in [1.29, 1.82) is 0 Å². The van der Waals surface area contributed by atoms with E-state index in [4.69, 9.17) is 9.72 Å². The van der Waals surface area contributed by atoms with Crippen LogP contribution in [-0.2, 0) is 6.42 Å². The first kappa shape index (κ1) is 35.5. The van der Waals surface area contributed by atoms with Crippen LogP contribution in [0.25, 0.3) is 16.5 Å². The Kier molecular flexibility index (Phi) is 12.9. The molecule has 2 unspecified atom stereocenters. The Morgan fingerprint density at radius 3 is 2.49 bits per heavy atom. The van der Waals surface area contributed by atoms with Crippen molar-refractivity contribution in [3.05, 3.63) is 81.6 Å². The van der Waals surface area contributed by atoms with Gasteiger partial charge >= 0.3 is 0 Å². The van der Waals surface area contributed by atoms with Crippen molar-refractivity contribution in [1.82, 2.24) is 15.3 Å². The van der Waals surface area contributed by atoms with E-state index in [-0.39, 0.29) is 17.7 Å². The molecule has 2 atom stereocenters. The maximum atomic E-state index is 14.6. The third kappa shape index (κ3) is 7.80. The van der Waals surface area contributed by atoms with Gasteiger partial charge in [0.25, 0.3) is 5.91 Å². The molecule has 2 aromatic heterocycles. The summed E-state index contributed by atoms with van der Waals surface area (Å²) in [6.07, 6.45) is 17.5. The van der Waals surface area contributed by atoms with E-state index in [0.29, 0.717) is 42.5 Å². The molecule has 7 heteroatoms. The van der Waals surface area contributed by atoms with Gasteiger partial charge in [0.1, 0.15) is 17.1 Å². The first-order valence-electron chi connectivity index (χ1n) is 16.1. The van der Waals surface area contributed by atoms with Gasteiger partial charge in [-0.2, -0.15) is 0 Å². The Labute approximate surface area is 268 Å². The fourth-order valence-electron chi connectivity index (χ4n) is 6.28. The van der Waals surface area contributed by atoms with Gasteiger partial charge in [-0.25, -0.2) is 4.39 Å². The minimum absolute atomic E-state index is 0.0262. The number of nitrogens with zero attached hydrogens (tertiary/aromatic N) is 2. The number of ether oxygens (including phenoxy) is 1. The van der Waals surface area contributed by atoms with Gasteiger partial charge in [0, 0.05) is 47.3 Å². The minimum Gasteiger partial charge on any atom is -0.494 e. The number of methoxy groups -OCH3 is 1. The summed E-state index contributed by atoms with van der Waals surface area (Å²) >= 11 is 0. The van der Waals surface area contributed by atoms with Crippen molar-refractivity contribution in [2.24, 2.45) is 11.7 Å². The molecule has 0 aliphatic heterocycles. The Bertz CT molecular complexity index is 1590. The number of allylic oxidation sites excluding steroid dienone is 4. The summed E-state index contributed by atoms with van der Waals surface area (Å²) in [4.78, 5) is 23.1. The Morgan fingerprint density at radius 2 is 1.82 bits per heavy atom. The van der Waals surface area contributed by atoms with Gasteiger partial charge in [-0.1, -0.05) is 26.8 Å². The molecule has 0 radical (unpaired) electrons. The maximum Gasteiger partial charge on any atom is 0.251 e. The predicted octanol–water partition coefficient (Wildman–Crippen LogP) is 8.19. The van der Waals surface area contributed by atoms with Gasteiger partial charge in [0.2, 0.25) is 0 Å². The molecule has 6 nitrogen and oxygen atoms in total. The second-order valence-electron chi connectivity index (χ2n) is 11.5. The second kappa shape index (κ2) is 16.3. The molecule has 3 aliphatic rings. The Hall–Kier alpha value is -4.02. The van der Waals surface area contributed by atoms with E-state index in [1.165, 1.54) is 18.2 Å². The van der Waals surface area contributed by atoms with Crippen LogP contribution in [0, 0.1) is 25.7 Å². The predicted molar refractivity (Wildman–Crippen MR) is 184 cm³/mol. The molecule has 240 valence electrons. The van der Waals surface area contributed by atoms with Crippen LogP contribution >= 0.6 is 0 Å². The summed E-state index contributed by atoms with van der Waals surface area (Å²) < 4.78 is 20.2. The quantitative estimate of drug-likeness (QED) is 0.263. The highest BCUT2D eigenvalue weighted by atomic mass is 19.1. The van der Waals surface area contributed by atoms with Crippen LogP contribution < -0.4 is 15.8 Å². The van der Waals surface area contributed by atoms with Gasteiger partial charge in [-0.3, -0.25) is 14.8 Å². The number of nitrogens with two attached hydrogens (primary N) is 1. The zero-order valence-electron chi connectivity index (χ0n) is 28.0. The number of pyridine rings is 2. The molecule has 0 bridgehead atoms. The maximum absolute atomic E-state index is 14.6. The van der Waals surface area contributed by atoms with Gasteiger partial charge in [0.15, 0.2) is 0 Å². The molecule has 1 fully saturated rings. The topological polar surface area (TPSA) is 90.1 Å². The molecule has 0 spiro atoms. The third-order valence-corrected chi connectivity index (χ3v) is 8.74. The number of halogens is 1. The first-order valence-corrected chi connectivity index (χ1v) is 16.1. The number of amides is 1. The molecule has 2 heterocycles. The lowest BCUT2D eigenvalue weighted by Gasteiger charge is -2.23. The van der Waals surface area contributed by atoms with Crippen LogP contribution in [0.15, 0.2) is 47.9 Å². The molecule has 1 saturated carbocycles. The van der Waals surface area contributed by atoms with Crippen LogP contribution in [0.5, 0.6) is 5.75 Å². The van der Waals surface area contributed by atoms with Crippen LogP contribution in [0.4, 0.5) is 4.39 Å². The number of hydrogen-bond acceptors (Lipinski definition) is 5. The van der Waals surface area contributed by atoms with E-state index in [1.54, 1.807) is 19.4 Å². The van der Waals surface area contributed by atoms with Crippen molar-refractivity contribution in [3.8, 4) is 18.6 Å². The normalized spacial score (nSPS) is 17.3. The lowest BCUT2D eigenvalue weighted by molar-refractivity contribution is 0.0950. The fraction of sp³-hybridized carbons (Fsp3) is 0.447. The van der Waals surface area contributed by atoms with Crippen molar-refractivity contribution < 1.29 is 13.9 Å². The largest absolute Gasteiger partial charge is 0.494 e. The fourth-order valence-corrected chi connectivity index (χ4v) is 6.28. The van der Waals surface area contributed by atoms with Crippen molar-refractivity contribution in [2.75, 3.05) is 20.7 Å². The van der Waals surface area contributed by atoms with E-state index in [1.807, 2.05) is 39.8 Å². The first-order chi connectivity index (χ1) is 21.8. The molecule has 45 heavy (non-hydrogen) atoms. The van der Waals surface area contributed by atoms with Crippen molar-refractivity contribution in [2.45, 2.75) is 85.0 Å². The summed E-state index contributed by atoms with van der Waals surface area (Å²) in [7, 11) is 3.10. The molecule has 0 saturated heterocycles. The molecular weight excluding hydrogens is 563 g/mol. The third-order valence-electron chi connectivity index (χ3n) is 8.74. The summed E-state index contributed by atoms with van der Waals surface area (Å²) in [6, 6.07) is 7.94. The number of hydrogen-bond donors (Lipinski definition) is 2. The monoisotopic (exact) mass is 612 g/mol. The highest BCUT2D eigenvalue weighted by Crippen LogP contribution is 2.46. The van der Waals surface area contributed by atoms with Gasteiger partial charge in [0.05, 0.1) is 12.8 Å². The highest BCUT2D eigenvalue weighted by Gasteiger charge is 2.36. The Balaban J connectivity index is 0.000000870. The number of nitrogens with one attached hydrogen (secondary N) is 1. The number of aromatic nitrogens is 2. The van der Waals surface area contributed by atoms with Gasteiger partial charge < -0.3 is 15.8 Å². The average Bonchev–Trinajstić information content (AvgIpc) is 3.85. The van der Waals surface area contributed by atoms with E-state index >= 15 is 0 Å². The highest BCUT2D eigenvalue weighted by molar-refractivity contribution is 6.00. The number of fused-ring (bicyclic) bond motifs is 2. The molecule has 6 rings (SSSR count). The average molecular weight is 613 g/mol. The number of carbonyl (C=O) groups is 1. The van der Waals surface area contributed by atoms with Crippen LogP contribution in [0.1, 0.15) is 110 Å². The molecule has 3 aromatic rings. The smallest absolute Gasteiger partial charge is 0.251 e. The number of rotatable bonds is 7. The van der Waals surface area contributed by atoms with Crippen LogP contribution in [-0.4, -0.2) is 36.6 Å². The van der Waals surface area contributed by atoms with Crippen LogP contribution in [0.2, 0.25) is 0 Å². The second-order valence-corrected chi connectivity index (χ2v) is 11.5. The Morgan fingerprint density at radius 1 is 1.11 bits per heavy atom. The lowest BCUT2D eigenvalue weighted by atomic mass is 9.89. The van der Waals surface area contributed by atoms with Gasteiger partial charge in [-0.15, -0.1) is 12.8 Å². The molecule has 3 N–H and O–H groups in total.